The van der Waals surface area contributed by atoms with E-state index in [1.165, 1.54) is 5.56 Å². The zero-order valence-electron chi connectivity index (χ0n) is 12.6. The van der Waals surface area contributed by atoms with Crippen molar-refractivity contribution >= 4 is 54.8 Å². The number of imidazole rings is 1. The van der Waals surface area contributed by atoms with Crippen molar-refractivity contribution in [2.24, 2.45) is 0 Å². The molecule has 0 aliphatic heterocycles. The van der Waals surface area contributed by atoms with Gasteiger partial charge < -0.3 is 15.6 Å². The number of aromatic nitrogens is 4. The molecular formula is C15H16Br2N6. The number of nitrogens with one attached hydrogen (secondary N) is 1. The number of fused-ring (bicyclic) bond motifs is 1. The second-order valence-electron chi connectivity index (χ2n) is 5.03. The standard InChI is InChI=1S/C15H16Br2N6/c1-2-23-13-11(20-14(23)17)12(18)21-15(22-13)19-8-7-9-3-5-10(16)6-4-9/h3-6H,2,7-8H2,1H3,(H3,18,19,21,22). The number of halogens is 2. The monoisotopic (exact) mass is 438 g/mol. The molecule has 2 aromatic heterocycles. The fourth-order valence-corrected chi connectivity index (χ4v) is 3.18. The minimum atomic E-state index is 0.383. The third-order valence-electron chi connectivity index (χ3n) is 3.50. The molecule has 0 aliphatic rings. The average Bonchev–Trinajstić information content (AvgIpc) is 2.85. The summed E-state index contributed by atoms with van der Waals surface area (Å²) in [6.07, 6.45) is 0.880. The highest BCUT2D eigenvalue weighted by Crippen LogP contribution is 2.23. The third kappa shape index (κ3) is 3.48. The molecular weight excluding hydrogens is 424 g/mol. The molecule has 2 heterocycles. The lowest BCUT2D eigenvalue weighted by Gasteiger charge is -2.07. The summed E-state index contributed by atoms with van der Waals surface area (Å²) in [6, 6.07) is 8.25. The van der Waals surface area contributed by atoms with Gasteiger partial charge in [-0.3, -0.25) is 0 Å². The molecule has 3 aromatic rings. The lowest BCUT2D eigenvalue weighted by atomic mass is 10.1. The van der Waals surface area contributed by atoms with Crippen LogP contribution in [0.3, 0.4) is 0 Å². The lowest BCUT2D eigenvalue weighted by Crippen LogP contribution is -2.10. The van der Waals surface area contributed by atoms with Gasteiger partial charge in [-0.2, -0.15) is 9.97 Å². The molecule has 23 heavy (non-hydrogen) atoms. The van der Waals surface area contributed by atoms with E-state index in [1.54, 1.807) is 0 Å². The Morgan fingerprint density at radius 2 is 1.87 bits per heavy atom. The van der Waals surface area contributed by atoms with Crippen LogP contribution in [0.25, 0.3) is 11.2 Å². The fraction of sp³-hybridized carbons (Fsp3) is 0.267. The smallest absolute Gasteiger partial charge is 0.226 e. The first-order chi connectivity index (χ1) is 11.1. The molecule has 0 atom stereocenters. The van der Waals surface area contributed by atoms with E-state index in [-0.39, 0.29) is 0 Å². The number of anilines is 2. The van der Waals surface area contributed by atoms with E-state index in [9.17, 15) is 0 Å². The van der Waals surface area contributed by atoms with Crippen LogP contribution in [0.5, 0.6) is 0 Å². The minimum absolute atomic E-state index is 0.383. The van der Waals surface area contributed by atoms with Crippen molar-refractivity contribution < 1.29 is 0 Å². The average molecular weight is 440 g/mol. The molecule has 0 saturated carbocycles. The molecule has 8 heteroatoms. The lowest BCUT2D eigenvalue weighted by molar-refractivity contribution is 0.756. The SMILES string of the molecule is CCn1c(Br)nc2c(N)nc(NCCc3ccc(Br)cc3)nc21. The van der Waals surface area contributed by atoms with E-state index in [4.69, 9.17) is 5.73 Å². The summed E-state index contributed by atoms with van der Waals surface area (Å²) in [5.41, 5.74) is 8.60. The van der Waals surface area contributed by atoms with Crippen LogP contribution in [0.15, 0.2) is 33.5 Å². The van der Waals surface area contributed by atoms with Crippen LogP contribution in [-0.2, 0) is 13.0 Å². The van der Waals surface area contributed by atoms with Crippen LogP contribution in [0.2, 0.25) is 0 Å². The van der Waals surface area contributed by atoms with Gasteiger partial charge in [-0.05, 0) is 47.0 Å². The van der Waals surface area contributed by atoms with E-state index < -0.39 is 0 Å². The Labute approximate surface area is 150 Å². The molecule has 0 fully saturated rings. The topological polar surface area (TPSA) is 81.7 Å². The van der Waals surface area contributed by atoms with Crippen LogP contribution < -0.4 is 11.1 Å². The van der Waals surface area contributed by atoms with Crippen LogP contribution >= 0.6 is 31.9 Å². The first kappa shape index (κ1) is 16.2. The predicted octanol–water partition coefficient (Wildman–Crippen LogP) is 3.61. The van der Waals surface area contributed by atoms with Gasteiger partial charge in [0.2, 0.25) is 5.95 Å². The van der Waals surface area contributed by atoms with Crippen molar-refractivity contribution in [3.05, 3.63) is 39.0 Å². The summed E-state index contributed by atoms with van der Waals surface area (Å²) >= 11 is 6.86. The zero-order valence-corrected chi connectivity index (χ0v) is 15.7. The molecule has 6 nitrogen and oxygen atoms in total. The van der Waals surface area contributed by atoms with Crippen molar-refractivity contribution in [1.29, 1.82) is 0 Å². The van der Waals surface area contributed by atoms with Crippen molar-refractivity contribution in [3.8, 4) is 0 Å². The third-order valence-corrected chi connectivity index (χ3v) is 4.64. The number of nitrogens with zero attached hydrogens (tertiary/aromatic N) is 4. The number of nitrogen functional groups attached to an aromatic ring is 1. The Balaban J connectivity index is 1.76. The molecule has 0 radical (unpaired) electrons. The fourth-order valence-electron chi connectivity index (χ4n) is 2.32. The van der Waals surface area contributed by atoms with Crippen LogP contribution in [-0.4, -0.2) is 26.1 Å². The molecule has 3 rings (SSSR count). The van der Waals surface area contributed by atoms with E-state index in [2.05, 4.69) is 64.3 Å². The van der Waals surface area contributed by atoms with Crippen molar-refractivity contribution in [2.75, 3.05) is 17.6 Å². The summed E-state index contributed by atoms with van der Waals surface area (Å²) in [5.74, 6) is 0.906. The van der Waals surface area contributed by atoms with E-state index in [0.29, 0.717) is 22.0 Å². The predicted molar refractivity (Wildman–Crippen MR) is 99.4 cm³/mol. The maximum atomic E-state index is 6.00. The molecule has 0 aliphatic carbocycles. The Hall–Kier alpha value is -1.67. The Bertz CT molecular complexity index is 828. The van der Waals surface area contributed by atoms with E-state index >= 15 is 0 Å². The minimum Gasteiger partial charge on any atom is -0.382 e. The Morgan fingerprint density at radius 3 is 2.57 bits per heavy atom. The van der Waals surface area contributed by atoms with Crippen LogP contribution in [0.4, 0.5) is 11.8 Å². The molecule has 0 unspecified atom stereocenters. The number of hydrogen-bond acceptors (Lipinski definition) is 5. The maximum Gasteiger partial charge on any atom is 0.226 e. The second-order valence-corrected chi connectivity index (χ2v) is 6.66. The van der Waals surface area contributed by atoms with Crippen molar-refractivity contribution in [1.82, 2.24) is 19.5 Å². The molecule has 0 spiro atoms. The van der Waals surface area contributed by atoms with Gasteiger partial charge in [-0.15, -0.1) is 0 Å². The van der Waals surface area contributed by atoms with Gasteiger partial charge in [-0.1, -0.05) is 28.1 Å². The van der Waals surface area contributed by atoms with Crippen LogP contribution in [0, 0.1) is 0 Å². The first-order valence-corrected chi connectivity index (χ1v) is 8.84. The highest BCUT2D eigenvalue weighted by molar-refractivity contribution is 9.10. The van der Waals surface area contributed by atoms with Gasteiger partial charge >= 0.3 is 0 Å². The number of nitrogens with two attached hydrogens (primary N) is 1. The summed E-state index contributed by atoms with van der Waals surface area (Å²) in [7, 11) is 0. The van der Waals surface area contributed by atoms with Crippen LogP contribution in [0.1, 0.15) is 12.5 Å². The Morgan fingerprint density at radius 1 is 1.13 bits per heavy atom. The van der Waals surface area contributed by atoms with Gasteiger partial charge in [0, 0.05) is 17.6 Å². The van der Waals surface area contributed by atoms with Gasteiger partial charge in [0.05, 0.1) is 0 Å². The molecule has 3 N–H and O–H groups in total. The summed E-state index contributed by atoms with van der Waals surface area (Å²) < 4.78 is 3.74. The normalized spacial score (nSPS) is 11.1. The number of hydrogen-bond donors (Lipinski definition) is 2. The summed E-state index contributed by atoms with van der Waals surface area (Å²) in [6.45, 7) is 3.52. The number of aryl methyl sites for hydroxylation is 1. The van der Waals surface area contributed by atoms with Gasteiger partial charge in [0.15, 0.2) is 21.7 Å². The zero-order chi connectivity index (χ0) is 16.4. The maximum absolute atomic E-state index is 6.00. The van der Waals surface area contributed by atoms with Gasteiger partial charge in [0.1, 0.15) is 0 Å². The molecule has 0 amide bonds. The van der Waals surface area contributed by atoms with Crippen molar-refractivity contribution in [2.45, 2.75) is 19.9 Å². The Kier molecular flexibility index (Phi) is 4.82. The first-order valence-electron chi connectivity index (χ1n) is 7.26. The summed E-state index contributed by atoms with van der Waals surface area (Å²) in [4.78, 5) is 13.2. The second kappa shape index (κ2) is 6.84. The van der Waals surface area contributed by atoms with Crippen molar-refractivity contribution in [3.63, 3.8) is 0 Å². The van der Waals surface area contributed by atoms with E-state index in [0.717, 1.165) is 29.6 Å². The summed E-state index contributed by atoms with van der Waals surface area (Å²) in [5, 5.41) is 3.23. The molecule has 0 saturated heterocycles. The quantitative estimate of drug-likeness (QED) is 0.593. The van der Waals surface area contributed by atoms with Gasteiger partial charge in [-0.25, -0.2) is 4.98 Å². The van der Waals surface area contributed by atoms with Gasteiger partial charge in [0.25, 0.3) is 0 Å². The number of benzene rings is 1. The highest BCUT2D eigenvalue weighted by Gasteiger charge is 2.14. The largest absolute Gasteiger partial charge is 0.382 e. The molecule has 0 bridgehead atoms. The highest BCUT2D eigenvalue weighted by atomic mass is 79.9. The van der Waals surface area contributed by atoms with E-state index in [1.807, 2.05) is 23.6 Å². The molecule has 1 aromatic carbocycles. The molecule has 120 valence electrons. The number of rotatable bonds is 5.